The van der Waals surface area contributed by atoms with E-state index >= 15 is 0 Å². The number of nitrogens with zero attached hydrogens (tertiary/aromatic N) is 3. The Labute approximate surface area is 130 Å². The number of hydrogen-bond donors (Lipinski definition) is 1. The molecule has 5 heteroatoms. The Hall–Kier alpha value is -1.72. The first-order chi connectivity index (χ1) is 10.9. The van der Waals surface area contributed by atoms with Gasteiger partial charge in [-0.25, -0.2) is 0 Å². The molecule has 116 valence electrons. The summed E-state index contributed by atoms with van der Waals surface area (Å²) in [6.07, 6.45) is 7.47. The molecule has 0 aliphatic carbocycles. The molecule has 2 aromatic heterocycles. The molecule has 0 amide bonds. The molecule has 0 bridgehead atoms. The minimum Gasteiger partial charge on any atom is -0.359 e. The number of pyridine rings is 1. The Morgan fingerprint density at radius 1 is 1.27 bits per heavy atom. The van der Waals surface area contributed by atoms with Gasteiger partial charge in [-0.15, -0.1) is 0 Å². The molecule has 0 unspecified atom stereocenters. The van der Waals surface area contributed by atoms with Crippen LogP contribution in [-0.2, 0) is 6.54 Å². The van der Waals surface area contributed by atoms with Gasteiger partial charge in [0.2, 0.25) is 0 Å². The minimum atomic E-state index is 0.729. The third-order valence-electron chi connectivity index (χ3n) is 4.89. The summed E-state index contributed by atoms with van der Waals surface area (Å²) in [5, 5.41) is 7.85. The molecule has 0 saturated carbocycles. The second kappa shape index (κ2) is 6.18. The number of hydrogen-bond acceptors (Lipinski definition) is 5. The molecule has 4 rings (SSSR count). The zero-order valence-electron chi connectivity index (χ0n) is 12.7. The number of piperidine rings is 2. The first-order valence-corrected chi connectivity index (χ1v) is 8.20. The molecular formula is C17H22N4O. The molecule has 2 saturated heterocycles. The number of aromatic nitrogens is 2. The fourth-order valence-corrected chi connectivity index (χ4v) is 3.73. The first kappa shape index (κ1) is 13.9. The molecule has 2 fully saturated rings. The first-order valence-electron chi connectivity index (χ1n) is 8.20. The Bertz CT molecular complexity index is 612. The van der Waals surface area contributed by atoms with Gasteiger partial charge in [-0.3, -0.25) is 9.88 Å². The van der Waals surface area contributed by atoms with Crippen molar-refractivity contribution >= 4 is 0 Å². The van der Waals surface area contributed by atoms with E-state index in [4.69, 9.17) is 4.52 Å². The molecule has 1 N–H and O–H groups in total. The fraction of sp³-hybridized carbons (Fsp3) is 0.529. The van der Waals surface area contributed by atoms with E-state index in [-0.39, 0.29) is 0 Å². The fourth-order valence-electron chi connectivity index (χ4n) is 3.73. The van der Waals surface area contributed by atoms with Gasteiger partial charge in [-0.1, -0.05) is 5.16 Å². The maximum Gasteiger partial charge on any atom is 0.151 e. The van der Waals surface area contributed by atoms with Crippen LogP contribution >= 0.6 is 0 Å². The van der Waals surface area contributed by atoms with Gasteiger partial charge in [0, 0.05) is 43.2 Å². The van der Waals surface area contributed by atoms with Crippen molar-refractivity contribution in [1.82, 2.24) is 20.4 Å². The Kier molecular flexibility index (Phi) is 3.91. The van der Waals surface area contributed by atoms with Crippen LogP contribution in [0.5, 0.6) is 0 Å². The molecular weight excluding hydrogens is 276 g/mol. The van der Waals surface area contributed by atoms with Gasteiger partial charge >= 0.3 is 0 Å². The average Bonchev–Trinajstić information content (AvgIpc) is 3.04. The molecule has 0 aromatic carbocycles. The normalized spacial score (nSPS) is 25.8. The van der Waals surface area contributed by atoms with Crippen molar-refractivity contribution in [2.75, 3.05) is 19.6 Å². The van der Waals surface area contributed by atoms with Gasteiger partial charge in [0.15, 0.2) is 5.76 Å². The molecule has 22 heavy (non-hydrogen) atoms. The van der Waals surface area contributed by atoms with Crippen LogP contribution in [0.25, 0.3) is 11.3 Å². The standard InChI is InChI=1S/C17H22N4O/c1-2-14-11-21(9-5-16(14)19-6-1)12-15-10-17(20-22-15)13-3-7-18-8-4-13/h3-4,7-8,10,14,16,19H,1-2,5-6,9,11-12H2/t14-,16+/m1/s1. The third kappa shape index (κ3) is 2.91. The van der Waals surface area contributed by atoms with Gasteiger partial charge < -0.3 is 9.84 Å². The summed E-state index contributed by atoms with van der Waals surface area (Å²) in [7, 11) is 0. The second-order valence-corrected chi connectivity index (χ2v) is 6.40. The van der Waals surface area contributed by atoms with Crippen LogP contribution in [0.15, 0.2) is 35.1 Å². The summed E-state index contributed by atoms with van der Waals surface area (Å²) in [6.45, 7) is 4.36. The van der Waals surface area contributed by atoms with E-state index in [0.717, 1.165) is 42.1 Å². The smallest absolute Gasteiger partial charge is 0.151 e. The van der Waals surface area contributed by atoms with Crippen LogP contribution in [0.2, 0.25) is 0 Å². The highest BCUT2D eigenvalue weighted by molar-refractivity contribution is 5.57. The lowest BCUT2D eigenvalue weighted by molar-refractivity contribution is 0.101. The molecule has 4 heterocycles. The van der Waals surface area contributed by atoms with Crippen molar-refractivity contribution < 1.29 is 4.52 Å². The predicted molar refractivity (Wildman–Crippen MR) is 84.1 cm³/mol. The lowest BCUT2D eigenvalue weighted by Gasteiger charge is -2.41. The number of rotatable bonds is 3. The van der Waals surface area contributed by atoms with E-state index < -0.39 is 0 Å². The zero-order chi connectivity index (χ0) is 14.8. The highest BCUT2D eigenvalue weighted by atomic mass is 16.5. The van der Waals surface area contributed by atoms with E-state index in [1.807, 2.05) is 12.1 Å². The maximum absolute atomic E-state index is 5.53. The third-order valence-corrected chi connectivity index (χ3v) is 4.89. The average molecular weight is 298 g/mol. The largest absolute Gasteiger partial charge is 0.359 e. The van der Waals surface area contributed by atoms with Crippen molar-refractivity contribution in [2.45, 2.75) is 31.8 Å². The van der Waals surface area contributed by atoms with Gasteiger partial charge in [0.1, 0.15) is 5.69 Å². The van der Waals surface area contributed by atoms with Crippen LogP contribution in [-0.4, -0.2) is 40.7 Å². The second-order valence-electron chi connectivity index (χ2n) is 6.40. The summed E-state index contributed by atoms with van der Waals surface area (Å²) in [5.41, 5.74) is 1.95. The molecule has 0 spiro atoms. The Morgan fingerprint density at radius 3 is 3.09 bits per heavy atom. The van der Waals surface area contributed by atoms with Gasteiger partial charge in [-0.05, 0) is 43.9 Å². The lowest BCUT2D eigenvalue weighted by Crippen LogP contribution is -2.51. The molecule has 2 atom stereocenters. The summed E-state index contributed by atoms with van der Waals surface area (Å²) in [4.78, 5) is 6.54. The van der Waals surface area contributed by atoms with Crippen molar-refractivity contribution in [1.29, 1.82) is 0 Å². The van der Waals surface area contributed by atoms with Crippen LogP contribution in [0.4, 0.5) is 0 Å². The topological polar surface area (TPSA) is 54.2 Å². The Balaban J connectivity index is 1.40. The van der Waals surface area contributed by atoms with E-state index in [2.05, 4.69) is 26.4 Å². The number of fused-ring (bicyclic) bond motifs is 1. The molecule has 2 aliphatic rings. The lowest BCUT2D eigenvalue weighted by atomic mass is 9.85. The summed E-state index contributed by atoms with van der Waals surface area (Å²) < 4.78 is 5.53. The quantitative estimate of drug-likeness (QED) is 0.942. The van der Waals surface area contributed by atoms with Gasteiger partial charge in [0.05, 0.1) is 6.54 Å². The highest BCUT2D eigenvalue weighted by Gasteiger charge is 2.31. The summed E-state index contributed by atoms with van der Waals surface area (Å²) >= 11 is 0. The Morgan fingerprint density at radius 2 is 2.18 bits per heavy atom. The van der Waals surface area contributed by atoms with Crippen LogP contribution in [0.1, 0.15) is 25.0 Å². The highest BCUT2D eigenvalue weighted by Crippen LogP contribution is 2.26. The van der Waals surface area contributed by atoms with E-state index in [0.29, 0.717) is 0 Å². The van der Waals surface area contributed by atoms with E-state index in [1.54, 1.807) is 12.4 Å². The summed E-state index contributed by atoms with van der Waals surface area (Å²) in [6, 6.07) is 6.70. The van der Waals surface area contributed by atoms with Crippen molar-refractivity contribution in [3.63, 3.8) is 0 Å². The van der Waals surface area contributed by atoms with Crippen molar-refractivity contribution in [3.8, 4) is 11.3 Å². The van der Waals surface area contributed by atoms with Crippen LogP contribution in [0.3, 0.4) is 0 Å². The van der Waals surface area contributed by atoms with E-state index in [1.165, 1.54) is 32.4 Å². The minimum absolute atomic E-state index is 0.729. The maximum atomic E-state index is 5.53. The van der Waals surface area contributed by atoms with Gasteiger partial charge in [-0.2, -0.15) is 0 Å². The number of likely N-dealkylation sites (tertiary alicyclic amines) is 1. The molecule has 2 aliphatic heterocycles. The SMILES string of the molecule is c1cc(-c2cc(CN3CC[C@@H]4NCCC[C@@H]4C3)on2)ccn1. The van der Waals surface area contributed by atoms with Gasteiger partial charge in [0.25, 0.3) is 0 Å². The monoisotopic (exact) mass is 298 g/mol. The zero-order valence-corrected chi connectivity index (χ0v) is 12.7. The molecule has 2 aromatic rings. The van der Waals surface area contributed by atoms with Crippen molar-refractivity contribution in [3.05, 3.63) is 36.4 Å². The summed E-state index contributed by atoms with van der Waals surface area (Å²) in [5.74, 6) is 1.75. The van der Waals surface area contributed by atoms with Crippen LogP contribution in [0, 0.1) is 5.92 Å². The molecule has 5 nitrogen and oxygen atoms in total. The predicted octanol–water partition coefficient (Wildman–Crippen LogP) is 2.31. The number of nitrogens with one attached hydrogen (secondary N) is 1. The van der Waals surface area contributed by atoms with Crippen molar-refractivity contribution in [2.24, 2.45) is 5.92 Å². The van der Waals surface area contributed by atoms with E-state index in [9.17, 15) is 0 Å². The van der Waals surface area contributed by atoms with Crippen LogP contribution < -0.4 is 5.32 Å². The molecule has 0 radical (unpaired) electrons.